The second-order valence-corrected chi connectivity index (χ2v) is 2.75. The lowest BCUT2D eigenvalue weighted by Crippen LogP contribution is -2.08. The third-order valence-corrected chi connectivity index (χ3v) is 1.88. The van der Waals surface area contributed by atoms with E-state index in [4.69, 9.17) is 5.73 Å². The van der Waals surface area contributed by atoms with E-state index >= 15 is 0 Å². The zero-order valence-electron chi connectivity index (χ0n) is 8.04. The molecule has 0 spiro atoms. The highest BCUT2D eigenvalue weighted by molar-refractivity contribution is 5.77. The Hall–Kier alpha value is -1.56. The Balaban J connectivity index is 3.33. The second kappa shape index (κ2) is 4.79. The summed E-state index contributed by atoms with van der Waals surface area (Å²) in [6, 6.07) is 1.05. The van der Waals surface area contributed by atoms with Crippen LogP contribution in [-0.2, 0) is 6.54 Å². The van der Waals surface area contributed by atoms with Gasteiger partial charge < -0.3 is 10.5 Å². The van der Waals surface area contributed by atoms with Gasteiger partial charge in [0.05, 0.1) is 18.4 Å². The van der Waals surface area contributed by atoms with E-state index < -0.39 is 12.0 Å². The van der Waals surface area contributed by atoms with Crippen LogP contribution < -0.4 is 10.5 Å². The number of alkyl halides is 2. The number of aldehydes is 1. The summed E-state index contributed by atoms with van der Waals surface area (Å²) in [4.78, 5) is 14.3. The quantitative estimate of drug-likeness (QED) is 0.770. The molecule has 4 nitrogen and oxygen atoms in total. The van der Waals surface area contributed by atoms with Gasteiger partial charge >= 0.3 is 0 Å². The van der Waals surface area contributed by atoms with Gasteiger partial charge in [0.15, 0.2) is 6.29 Å². The topological polar surface area (TPSA) is 65.2 Å². The summed E-state index contributed by atoms with van der Waals surface area (Å²) in [5.74, 6) is -0.198. The predicted octanol–water partition coefficient (Wildman–Crippen LogP) is 1.30. The highest BCUT2D eigenvalue weighted by Crippen LogP contribution is 2.28. The van der Waals surface area contributed by atoms with Crippen LogP contribution >= 0.6 is 0 Å². The molecule has 0 bridgehead atoms. The number of aromatic nitrogens is 1. The van der Waals surface area contributed by atoms with Crippen molar-refractivity contribution in [2.24, 2.45) is 5.73 Å². The van der Waals surface area contributed by atoms with Gasteiger partial charge in [0.2, 0.25) is 5.88 Å². The fourth-order valence-corrected chi connectivity index (χ4v) is 1.15. The van der Waals surface area contributed by atoms with Gasteiger partial charge in [0, 0.05) is 12.1 Å². The summed E-state index contributed by atoms with van der Waals surface area (Å²) >= 11 is 0. The molecular weight excluding hydrogens is 206 g/mol. The molecule has 0 aliphatic carbocycles. The average molecular weight is 216 g/mol. The second-order valence-electron chi connectivity index (χ2n) is 2.75. The van der Waals surface area contributed by atoms with Gasteiger partial charge in [-0.15, -0.1) is 0 Å². The van der Waals surface area contributed by atoms with Gasteiger partial charge in [0.1, 0.15) is 0 Å². The lowest BCUT2D eigenvalue weighted by molar-refractivity contribution is 0.112. The SMILES string of the molecule is COc1nc(CN)c(C=O)cc1C(F)F. The fourth-order valence-electron chi connectivity index (χ4n) is 1.15. The van der Waals surface area contributed by atoms with Crippen LogP contribution in [0, 0.1) is 0 Å². The molecule has 82 valence electrons. The molecule has 0 fully saturated rings. The Morgan fingerprint density at radius 1 is 1.67 bits per heavy atom. The number of hydrogen-bond donors (Lipinski definition) is 1. The minimum absolute atomic E-state index is 0.00600. The van der Waals surface area contributed by atoms with Gasteiger partial charge in [-0.1, -0.05) is 0 Å². The molecule has 0 amide bonds. The van der Waals surface area contributed by atoms with Crippen molar-refractivity contribution in [3.05, 3.63) is 22.9 Å². The van der Waals surface area contributed by atoms with Gasteiger partial charge in [-0.3, -0.25) is 4.79 Å². The molecule has 0 saturated carbocycles. The number of methoxy groups -OCH3 is 1. The van der Waals surface area contributed by atoms with E-state index in [9.17, 15) is 13.6 Å². The van der Waals surface area contributed by atoms with Gasteiger partial charge in [-0.25, -0.2) is 13.8 Å². The van der Waals surface area contributed by atoms with Crippen LogP contribution in [0.25, 0.3) is 0 Å². The molecule has 0 saturated heterocycles. The predicted molar refractivity (Wildman–Crippen MR) is 49.0 cm³/mol. The van der Waals surface area contributed by atoms with Crippen molar-refractivity contribution in [2.75, 3.05) is 7.11 Å². The molecule has 0 unspecified atom stereocenters. The average Bonchev–Trinajstić information content (AvgIpc) is 2.26. The first kappa shape index (κ1) is 11.5. The zero-order valence-corrected chi connectivity index (χ0v) is 8.04. The zero-order chi connectivity index (χ0) is 11.4. The van der Waals surface area contributed by atoms with Crippen molar-refractivity contribution in [2.45, 2.75) is 13.0 Å². The largest absolute Gasteiger partial charge is 0.481 e. The number of carbonyl (C=O) groups is 1. The number of carbonyl (C=O) groups excluding carboxylic acids is 1. The van der Waals surface area contributed by atoms with Crippen molar-refractivity contribution in [1.29, 1.82) is 0 Å². The highest BCUT2D eigenvalue weighted by atomic mass is 19.3. The molecule has 0 radical (unpaired) electrons. The highest BCUT2D eigenvalue weighted by Gasteiger charge is 2.18. The Morgan fingerprint density at radius 2 is 2.33 bits per heavy atom. The summed E-state index contributed by atoms with van der Waals surface area (Å²) < 4.78 is 29.7. The summed E-state index contributed by atoms with van der Waals surface area (Å²) in [5.41, 5.74) is 5.21. The summed E-state index contributed by atoms with van der Waals surface area (Å²) in [7, 11) is 1.23. The van der Waals surface area contributed by atoms with E-state index in [1.54, 1.807) is 0 Å². The maximum atomic E-state index is 12.5. The molecule has 1 aromatic rings. The first-order valence-electron chi connectivity index (χ1n) is 4.15. The third kappa shape index (κ3) is 2.27. The van der Waals surface area contributed by atoms with Crippen LogP contribution in [0.5, 0.6) is 5.88 Å². The van der Waals surface area contributed by atoms with E-state index in [2.05, 4.69) is 9.72 Å². The molecule has 1 rings (SSSR count). The lowest BCUT2D eigenvalue weighted by Gasteiger charge is -2.09. The Kier molecular flexibility index (Phi) is 3.68. The number of rotatable bonds is 4. The molecule has 1 aromatic heterocycles. The molecule has 0 aliphatic heterocycles. The smallest absolute Gasteiger partial charge is 0.269 e. The van der Waals surface area contributed by atoms with E-state index in [1.165, 1.54) is 7.11 Å². The minimum Gasteiger partial charge on any atom is -0.481 e. The first-order chi connectivity index (χ1) is 7.13. The molecule has 2 N–H and O–H groups in total. The van der Waals surface area contributed by atoms with Gasteiger partial charge in [-0.2, -0.15) is 0 Å². The molecule has 0 aliphatic rings. The van der Waals surface area contributed by atoms with E-state index in [1.807, 2.05) is 0 Å². The Labute approximate surface area is 85.1 Å². The molecule has 1 heterocycles. The van der Waals surface area contributed by atoms with Crippen molar-refractivity contribution in [1.82, 2.24) is 4.98 Å². The van der Waals surface area contributed by atoms with Crippen LogP contribution in [0.1, 0.15) is 28.0 Å². The monoisotopic (exact) mass is 216 g/mol. The van der Waals surface area contributed by atoms with Crippen LogP contribution in [0.2, 0.25) is 0 Å². The van der Waals surface area contributed by atoms with E-state index in [0.29, 0.717) is 6.29 Å². The van der Waals surface area contributed by atoms with Crippen molar-refractivity contribution < 1.29 is 18.3 Å². The van der Waals surface area contributed by atoms with Crippen LogP contribution in [-0.4, -0.2) is 18.4 Å². The maximum absolute atomic E-state index is 12.5. The standard InChI is InChI=1S/C9H10F2N2O2/c1-15-9-6(8(10)11)2-5(4-14)7(3-12)13-9/h2,4,8H,3,12H2,1H3. The lowest BCUT2D eigenvalue weighted by atomic mass is 10.1. The molecule has 15 heavy (non-hydrogen) atoms. The maximum Gasteiger partial charge on any atom is 0.269 e. The Bertz CT molecular complexity index is 369. The van der Waals surface area contributed by atoms with E-state index in [0.717, 1.165) is 6.07 Å². The first-order valence-corrected chi connectivity index (χ1v) is 4.15. The van der Waals surface area contributed by atoms with Crippen LogP contribution in [0.15, 0.2) is 6.07 Å². The summed E-state index contributed by atoms with van der Waals surface area (Å²) in [5, 5.41) is 0. The number of pyridine rings is 1. The fraction of sp³-hybridized carbons (Fsp3) is 0.333. The number of nitrogens with two attached hydrogens (primary N) is 1. The van der Waals surface area contributed by atoms with Crippen molar-refractivity contribution in [3.63, 3.8) is 0 Å². The van der Waals surface area contributed by atoms with Gasteiger partial charge in [-0.05, 0) is 6.07 Å². The summed E-state index contributed by atoms with van der Waals surface area (Å²) in [6.07, 6.45) is -2.29. The Morgan fingerprint density at radius 3 is 2.73 bits per heavy atom. The number of nitrogens with zero attached hydrogens (tertiary/aromatic N) is 1. The van der Waals surface area contributed by atoms with Crippen LogP contribution in [0.4, 0.5) is 8.78 Å². The van der Waals surface area contributed by atoms with Crippen molar-refractivity contribution >= 4 is 6.29 Å². The van der Waals surface area contributed by atoms with Crippen LogP contribution in [0.3, 0.4) is 0 Å². The van der Waals surface area contributed by atoms with E-state index in [-0.39, 0.29) is 23.7 Å². The molecule has 0 atom stereocenters. The number of ether oxygens (including phenoxy) is 1. The normalized spacial score (nSPS) is 10.5. The summed E-state index contributed by atoms with van der Waals surface area (Å²) in [6.45, 7) is -0.00600. The molecule has 0 aromatic carbocycles. The molecule has 6 heteroatoms. The number of hydrogen-bond acceptors (Lipinski definition) is 4. The molecular formula is C9H10F2N2O2. The third-order valence-electron chi connectivity index (χ3n) is 1.88. The van der Waals surface area contributed by atoms with Gasteiger partial charge in [0.25, 0.3) is 6.43 Å². The number of halogens is 2. The minimum atomic E-state index is -2.74. The van der Waals surface area contributed by atoms with Crippen molar-refractivity contribution in [3.8, 4) is 5.88 Å².